The number of hydrazine groups is 2. The van der Waals surface area contributed by atoms with Gasteiger partial charge in [-0.3, -0.25) is 14.8 Å². The second kappa shape index (κ2) is 13.4. The number of hydrogen-bond donors (Lipinski definition) is 5. The van der Waals surface area contributed by atoms with Crippen molar-refractivity contribution in [1.29, 1.82) is 5.26 Å². The standard InChI is InChI=1S/C36H32FN9O2/c37-26-8-6-23(7-9-26)35(32-20-46(45-44-32)28-10-11-28)42-27-14-29(25-17-39-21-40-18-25)36-30(15-27)34(24(16-38)19-41-36)43-31(12-13-33(47)48)22-4-2-1-3-5-22/h1-9,14-15,17-21,28,31,35,42,44-45H,10-13H2,(H,41,43)(H,47,48)/t31-,35+/m1/s1. The largest absolute Gasteiger partial charge is 0.481 e. The number of fused-ring (bicyclic) bond motifs is 1. The van der Waals surface area contributed by atoms with Gasteiger partial charge in [-0.25, -0.2) is 14.4 Å². The highest BCUT2D eigenvalue weighted by Gasteiger charge is 2.32. The summed E-state index contributed by atoms with van der Waals surface area (Å²) in [6.07, 6.45) is 10.8. The SMILES string of the molecule is N#Cc1cnc2c(-c3cncnc3)cc(N[C@H](C3=CN(C4CC4)NN3)c3ccc(F)cc3)cc2c1N[C@H](CCC(=O)O)c1ccccc1. The lowest BCUT2D eigenvalue weighted by atomic mass is 9.97. The maximum Gasteiger partial charge on any atom is 0.303 e. The summed E-state index contributed by atoms with van der Waals surface area (Å²) >= 11 is 0. The summed E-state index contributed by atoms with van der Waals surface area (Å²) in [5, 5.41) is 29.7. The number of nitrogens with one attached hydrogen (secondary N) is 4. The summed E-state index contributed by atoms with van der Waals surface area (Å²) in [4.78, 5) is 24.8. The Morgan fingerprint density at radius 1 is 1.04 bits per heavy atom. The fraction of sp³-hybridized carbons (Fsp3) is 0.194. The van der Waals surface area contributed by atoms with E-state index in [1.54, 1.807) is 24.5 Å². The van der Waals surface area contributed by atoms with E-state index >= 15 is 0 Å². The molecule has 0 radical (unpaired) electrons. The lowest BCUT2D eigenvalue weighted by Crippen LogP contribution is -2.38. The van der Waals surface area contributed by atoms with Crippen LogP contribution in [0.4, 0.5) is 15.8 Å². The molecular formula is C36H32FN9O2. The van der Waals surface area contributed by atoms with Gasteiger partial charge >= 0.3 is 5.97 Å². The molecule has 12 heteroatoms. The van der Waals surface area contributed by atoms with Crippen molar-refractivity contribution >= 4 is 28.2 Å². The first kappa shape index (κ1) is 30.6. The molecule has 5 N–H and O–H groups in total. The van der Waals surface area contributed by atoms with Crippen molar-refractivity contribution in [1.82, 2.24) is 30.9 Å². The number of anilines is 2. The molecule has 7 rings (SSSR count). The third-order valence-electron chi connectivity index (χ3n) is 8.50. The van der Waals surface area contributed by atoms with Crippen LogP contribution >= 0.6 is 0 Å². The van der Waals surface area contributed by atoms with Crippen LogP contribution in [0, 0.1) is 17.1 Å². The van der Waals surface area contributed by atoms with Crippen LogP contribution in [0.1, 0.15) is 54.5 Å². The maximum atomic E-state index is 14.0. The molecule has 2 aliphatic rings. The van der Waals surface area contributed by atoms with Gasteiger partial charge in [-0.1, -0.05) is 42.5 Å². The normalized spacial score (nSPS) is 15.2. The Kier molecular flexibility index (Phi) is 8.51. The third-order valence-corrected chi connectivity index (χ3v) is 8.50. The molecule has 11 nitrogen and oxygen atoms in total. The van der Waals surface area contributed by atoms with Gasteiger partial charge in [-0.05, 0) is 54.7 Å². The van der Waals surface area contributed by atoms with E-state index in [0.717, 1.165) is 40.8 Å². The molecule has 2 aromatic heterocycles. The monoisotopic (exact) mass is 641 g/mol. The number of carboxylic acids is 1. The van der Waals surface area contributed by atoms with Crippen LogP contribution in [-0.4, -0.2) is 37.1 Å². The number of halogens is 1. The predicted octanol–water partition coefficient (Wildman–Crippen LogP) is 6.20. The van der Waals surface area contributed by atoms with Gasteiger partial charge in [0.2, 0.25) is 0 Å². The lowest BCUT2D eigenvalue weighted by Gasteiger charge is -2.24. The molecule has 3 aromatic carbocycles. The highest BCUT2D eigenvalue weighted by atomic mass is 19.1. The highest BCUT2D eigenvalue weighted by molar-refractivity contribution is 6.04. The van der Waals surface area contributed by atoms with Crippen LogP contribution < -0.4 is 21.6 Å². The molecule has 1 aliphatic heterocycles. The average molecular weight is 642 g/mol. The van der Waals surface area contributed by atoms with Crippen molar-refractivity contribution in [2.24, 2.45) is 0 Å². The molecular weight excluding hydrogens is 609 g/mol. The van der Waals surface area contributed by atoms with Crippen LogP contribution in [0.15, 0.2) is 104 Å². The summed E-state index contributed by atoms with van der Waals surface area (Å²) in [6.45, 7) is 0. The van der Waals surface area contributed by atoms with Crippen molar-refractivity contribution in [3.63, 3.8) is 0 Å². The Morgan fingerprint density at radius 2 is 1.81 bits per heavy atom. The van der Waals surface area contributed by atoms with Gasteiger partial charge < -0.3 is 21.2 Å². The Labute approximate surface area is 276 Å². The first-order chi connectivity index (χ1) is 23.5. The molecule has 1 saturated carbocycles. The molecule has 240 valence electrons. The summed E-state index contributed by atoms with van der Waals surface area (Å²) < 4.78 is 14.0. The summed E-state index contributed by atoms with van der Waals surface area (Å²) in [7, 11) is 0. The minimum Gasteiger partial charge on any atom is -0.481 e. The van der Waals surface area contributed by atoms with Gasteiger partial charge in [0.15, 0.2) is 0 Å². The number of pyridine rings is 1. The zero-order valence-electron chi connectivity index (χ0n) is 25.8. The number of rotatable bonds is 12. The van der Waals surface area contributed by atoms with Crippen molar-refractivity contribution in [2.45, 2.75) is 43.8 Å². The number of carbonyl (C=O) groups is 1. The molecule has 0 amide bonds. The lowest BCUT2D eigenvalue weighted by molar-refractivity contribution is -0.137. The van der Waals surface area contributed by atoms with Crippen molar-refractivity contribution in [2.75, 3.05) is 10.6 Å². The zero-order valence-corrected chi connectivity index (χ0v) is 25.8. The van der Waals surface area contributed by atoms with Crippen LogP contribution in [0.25, 0.3) is 22.0 Å². The number of carboxylic acid groups (broad SMARTS) is 1. The Hall–Kier alpha value is -6.06. The number of nitriles is 1. The molecule has 2 atom stereocenters. The average Bonchev–Trinajstić information content (AvgIpc) is 3.86. The Balaban J connectivity index is 1.37. The Bertz CT molecular complexity index is 2010. The number of hydrogen-bond acceptors (Lipinski definition) is 10. The van der Waals surface area contributed by atoms with Crippen LogP contribution in [-0.2, 0) is 4.79 Å². The van der Waals surface area contributed by atoms with Gasteiger partial charge in [-0.2, -0.15) is 5.26 Å². The van der Waals surface area contributed by atoms with Gasteiger partial charge in [0.05, 0.1) is 34.5 Å². The van der Waals surface area contributed by atoms with E-state index in [9.17, 15) is 19.6 Å². The number of nitrogens with zero attached hydrogens (tertiary/aromatic N) is 5. The van der Waals surface area contributed by atoms with Gasteiger partial charge in [0, 0.05) is 59.5 Å². The van der Waals surface area contributed by atoms with E-state index in [1.165, 1.54) is 24.7 Å². The summed E-state index contributed by atoms with van der Waals surface area (Å²) in [5.74, 6) is -1.24. The van der Waals surface area contributed by atoms with Crippen molar-refractivity contribution < 1.29 is 14.3 Å². The second-order valence-corrected chi connectivity index (χ2v) is 11.8. The third kappa shape index (κ3) is 6.58. The topological polar surface area (TPSA) is 151 Å². The Morgan fingerprint density at radius 3 is 2.52 bits per heavy atom. The molecule has 1 aliphatic carbocycles. The molecule has 0 unspecified atom stereocenters. The summed E-state index contributed by atoms with van der Waals surface area (Å²) in [5.41, 5.74) is 12.7. The van der Waals surface area contributed by atoms with E-state index < -0.39 is 18.1 Å². The minimum atomic E-state index is -0.910. The number of benzene rings is 3. The fourth-order valence-corrected chi connectivity index (χ4v) is 5.94. The molecule has 0 spiro atoms. The molecule has 48 heavy (non-hydrogen) atoms. The zero-order chi connectivity index (χ0) is 33.0. The van der Waals surface area contributed by atoms with E-state index in [4.69, 9.17) is 4.98 Å². The van der Waals surface area contributed by atoms with E-state index in [2.05, 4.69) is 37.6 Å². The summed E-state index contributed by atoms with van der Waals surface area (Å²) in [6, 6.07) is 21.7. The van der Waals surface area contributed by atoms with Gasteiger partial charge in [0.25, 0.3) is 0 Å². The molecule has 0 saturated heterocycles. The maximum absolute atomic E-state index is 14.0. The van der Waals surface area contributed by atoms with Gasteiger partial charge in [-0.15, -0.1) is 5.53 Å². The molecule has 5 aromatic rings. The predicted molar refractivity (Wildman–Crippen MR) is 179 cm³/mol. The molecule has 0 bridgehead atoms. The molecule has 3 heterocycles. The second-order valence-electron chi connectivity index (χ2n) is 11.8. The van der Waals surface area contributed by atoms with Crippen LogP contribution in [0.5, 0.6) is 0 Å². The van der Waals surface area contributed by atoms with E-state index in [0.29, 0.717) is 40.3 Å². The first-order valence-corrected chi connectivity index (χ1v) is 15.7. The first-order valence-electron chi connectivity index (χ1n) is 15.7. The smallest absolute Gasteiger partial charge is 0.303 e. The number of aromatic nitrogens is 3. The fourth-order valence-electron chi connectivity index (χ4n) is 5.94. The minimum absolute atomic E-state index is 0.0652. The van der Waals surface area contributed by atoms with Crippen molar-refractivity contribution in [3.8, 4) is 17.2 Å². The van der Waals surface area contributed by atoms with E-state index in [-0.39, 0.29) is 12.2 Å². The van der Waals surface area contributed by atoms with E-state index in [1.807, 2.05) is 53.7 Å². The van der Waals surface area contributed by atoms with Crippen LogP contribution in [0.2, 0.25) is 0 Å². The molecule has 1 fully saturated rings. The van der Waals surface area contributed by atoms with Gasteiger partial charge in [0.1, 0.15) is 18.2 Å². The number of aliphatic carboxylic acids is 1. The van der Waals surface area contributed by atoms with Crippen molar-refractivity contribution in [3.05, 3.63) is 126 Å². The van der Waals surface area contributed by atoms with Crippen LogP contribution in [0.3, 0.4) is 0 Å². The highest BCUT2D eigenvalue weighted by Crippen LogP contribution is 2.39. The quantitative estimate of drug-likeness (QED) is 0.106.